The minimum Gasteiger partial charge on any atom is -0.388 e. The normalized spacial score (nSPS) is 12.5. The lowest BCUT2D eigenvalue weighted by molar-refractivity contribution is 0.177. The Balaban J connectivity index is 2.22. The largest absolute Gasteiger partial charge is 0.388 e. The van der Waals surface area contributed by atoms with E-state index in [1.54, 1.807) is 12.1 Å². The second kappa shape index (κ2) is 6.11. The van der Waals surface area contributed by atoms with Gasteiger partial charge in [-0.1, -0.05) is 37.9 Å². The van der Waals surface area contributed by atoms with E-state index in [1.165, 1.54) is 24.3 Å². The van der Waals surface area contributed by atoms with E-state index in [9.17, 15) is 13.9 Å². The highest BCUT2D eigenvalue weighted by atomic mass is 79.9. The maximum Gasteiger partial charge on any atom is 0.124 e. The van der Waals surface area contributed by atoms with Crippen LogP contribution in [0, 0.1) is 11.6 Å². The molecular weight excluding hydrogens is 382 g/mol. The summed E-state index contributed by atoms with van der Waals surface area (Å²) in [4.78, 5) is 0. The Morgan fingerprint density at radius 2 is 1.74 bits per heavy atom. The first kappa shape index (κ1) is 14.6. The zero-order valence-electron chi connectivity index (χ0n) is 9.71. The first-order valence-electron chi connectivity index (χ1n) is 5.53. The lowest BCUT2D eigenvalue weighted by Crippen LogP contribution is -2.03. The summed E-state index contributed by atoms with van der Waals surface area (Å²) in [6, 6.07) is 8.52. The molecule has 0 saturated heterocycles. The Morgan fingerprint density at radius 1 is 1.00 bits per heavy atom. The maximum absolute atomic E-state index is 13.3. The Hall–Kier alpha value is -0.780. The minimum absolute atomic E-state index is 0.275. The molecule has 0 aliphatic carbocycles. The van der Waals surface area contributed by atoms with Crippen molar-refractivity contribution in [3.63, 3.8) is 0 Å². The highest BCUT2D eigenvalue weighted by molar-refractivity contribution is 9.10. The number of hydrogen-bond acceptors (Lipinski definition) is 1. The summed E-state index contributed by atoms with van der Waals surface area (Å²) < 4.78 is 27.4. The molecule has 0 spiro atoms. The average molecular weight is 392 g/mol. The van der Waals surface area contributed by atoms with Crippen LogP contribution in [0.5, 0.6) is 0 Å². The molecule has 0 radical (unpaired) electrons. The zero-order valence-corrected chi connectivity index (χ0v) is 12.9. The molecule has 1 N–H and O–H groups in total. The number of rotatable bonds is 3. The van der Waals surface area contributed by atoms with Gasteiger partial charge in [0, 0.05) is 15.4 Å². The van der Waals surface area contributed by atoms with Crippen LogP contribution in [0.2, 0.25) is 0 Å². The molecule has 0 fully saturated rings. The van der Waals surface area contributed by atoms with E-state index in [-0.39, 0.29) is 12.2 Å². The highest BCUT2D eigenvalue weighted by Crippen LogP contribution is 2.26. The summed E-state index contributed by atoms with van der Waals surface area (Å²) in [5.74, 6) is -0.764. The lowest BCUT2D eigenvalue weighted by Gasteiger charge is -2.13. The fourth-order valence-corrected chi connectivity index (χ4v) is 2.78. The molecule has 0 amide bonds. The zero-order chi connectivity index (χ0) is 14.0. The molecule has 2 aromatic rings. The van der Waals surface area contributed by atoms with Crippen LogP contribution < -0.4 is 0 Å². The Morgan fingerprint density at radius 3 is 2.37 bits per heavy atom. The second-order valence-corrected chi connectivity index (χ2v) is 5.93. The molecule has 2 rings (SSSR count). The molecule has 100 valence electrons. The lowest BCUT2D eigenvalue weighted by atomic mass is 10.0. The molecule has 1 nitrogen and oxygen atoms in total. The van der Waals surface area contributed by atoms with Crippen molar-refractivity contribution in [2.45, 2.75) is 12.5 Å². The van der Waals surface area contributed by atoms with Gasteiger partial charge in [0.1, 0.15) is 11.6 Å². The second-order valence-electron chi connectivity index (χ2n) is 4.16. The number of aliphatic hydroxyl groups excluding tert-OH is 1. The van der Waals surface area contributed by atoms with Crippen molar-refractivity contribution in [2.75, 3.05) is 0 Å². The molecule has 0 aromatic heterocycles. The maximum atomic E-state index is 13.3. The van der Waals surface area contributed by atoms with Gasteiger partial charge in [-0.3, -0.25) is 0 Å². The third-order valence-electron chi connectivity index (χ3n) is 2.70. The third-order valence-corrected chi connectivity index (χ3v) is 3.89. The molecule has 1 atom stereocenters. The van der Waals surface area contributed by atoms with Gasteiger partial charge in [0.15, 0.2) is 0 Å². The number of hydrogen-bond donors (Lipinski definition) is 1. The molecular formula is C14H10Br2F2O. The van der Waals surface area contributed by atoms with E-state index in [0.717, 1.165) is 5.56 Å². The van der Waals surface area contributed by atoms with E-state index in [4.69, 9.17) is 0 Å². The predicted molar refractivity (Wildman–Crippen MR) is 76.9 cm³/mol. The van der Waals surface area contributed by atoms with Crippen molar-refractivity contribution in [1.29, 1.82) is 0 Å². The average Bonchev–Trinajstić information content (AvgIpc) is 2.31. The Kier molecular flexibility index (Phi) is 4.71. The van der Waals surface area contributed by atoms with Gasteiger partial charge < -0.3 is 5.11 Å². The van der Waals surface area contributed by atoms with Gasteiger partial charge in [-0.05, 0) is 41.5 Å². The molecule has 2 aromatic carbocycles. The summed E-state index contributed by atoms with van der Waals surface area (Å²) in [6.45, 7) is 0. The van der Waals surface area contributed by atoms with E-state index in [2.05, 4.69) is 31.9 Å². The van der Waals surface area contributed by atoms with Crippen molar-refractivity contribution in [1.82, 2.24) is 0 Å². The van der Waals surface area contributed by atoms with Crippen molar-refractivity contribution in [2.24, 2.45) is 0 Å². The number of benzene rings is 2. The van der Waals surface area contributed by atoms with Crippen molar-refractivity contribution in [3.05, 3.63) is 68.1 Å². The van der Waals surface area contributed by atoms with E-state index in [0.29, 0.717) is 14.5 Å². The molecule has 19 heavy (non-hydrogen) atoms. The van der Waals surface area contributed by atoms with Crippen LogP contribution in [0.15, 0.2) is 45.3 Å². The number of halogens is 4. The van der Waals surface area contributed by atoms with Gasteiger partial charge in [-0.25, -0.2) is 8.78 Å². The van der Waals surface area contributed by atoms with Crippen molar-refractivity contribution < 1.29 is 13.9 Å². The Labute approximate surface area is 126 Å². The molecule has 5 heteroatoms. The topological polar surface area (TPSA) is 20.2 Å². The smallest absolute Gasteiger partial charge is 0.124 e. The summed E-state index contributed by atoms with van der Waals surface area (Å²) >= 11 is 6.42. The first-order chi connectivity index (χ1) is 8.95. The van der Waals surface area contributed by atoms with Gasteiger partial charge in [-0.2, -0.15) is 0 Å². The molecule has 0 bridgehead atoms. The van der Waals surface area contributed by atoms with Gasteiger partial charge >= 0.3 is 0 Å². The van der Waals surface area contributed by atoms with Gasteiger partial charge in [0.05, 0.1) is 6.10 Å². The number of aliphatic hydroxyl groups is 1. The fourth-order valence-electron chi connectivity index (χ4n) is 1.78. The summed E-state index contributed by atoms with van der Waals surface area (Å²) in [5, 5.41) is 10.1. The summed E-state index contributed by atoms with van der Waals surface area (Å²) in [6.07, 6.45) is -0.578. The minimum atomic E-state index is -0.853. The van der Waals surface area contributed by atoms with Crippen molar-refractivity contribution >= 4 is 31.9 Å². The van der Waals surface area contributed by atoms with Crippen LogP contribution in [-0.2, 0) is 6.42 Å². The molecule has 0 aliphatic rings. The SMILES string of the molecule is OC(Cc1ccc(F)cc1Br)c1cc(F)cc(Br)c1. The van der Waals surface area contributed by atoms with Crippen LogP contribution >= 0.6 is 31.9 Å². The van der Waals surface area contributed by atoms with Crippen LogP contribution in [0.25, 0.3) is 0 Å². The van der Waals surface area contributed by atoms with Crippen molar-refractivity contribution in [3.8, 4) is 0 Å². The highest BCUT2D eigenvalue weighted by Gasteiger charge is 2.13. The van der Waals surface area contributed by atoms with Crippen LogP contribution in [-0.4, -0.2) is 5.11 Å². The third kappa shape index (κ3) is 3.84. The van der Waals surface area contributed by atoms with Gasteiger partial charge in [0.2, 0.25) is 0 Å². The first-order valence-corrected chi connectivity index (χ1v) is 7.12. The predicted octanol–water partition coefficient (Wildman–Crippen LogP) is 4.77. The van der Waals surface area contributed by atoms with Gasteiger partial charge in [-0.15, -0.1) is 0 Å². The molecule has 0 heterocycles. The van der Waals surface area contributed by atoms with Crippen LogP contribution in [0.4, 0.5) is 8.78 Å². The monoisotopic (exact) mass is 390 g/mol. The quantitative estimate of drug-likeness (QED) is 0.799. The van der Waals surface area contributed by atoms with E-state index in [1.807, 2.05) is 0 Å². The van der Waals surface area contributed by atoms with E-state index < -0.39 is 11.9 Å². The fraction of sp³-hybridized carbons (Fsp3) is 0.143. The molecule has 0 aliphatic heterocycles. The van der Waals surface area contributed by atoms with Crippen LogP contribution in [0.1, 0.15) is 17.2 Å². The summed E-state index contributed by atoms with van der Waals surface area (Å²) in [7, 11) is 0. The Bertz CT molecular complexity index is 582. The molecule has 1 unspecified atom stereocenters. The van der Waals surface area contributed by atoms with Gasteiger partial charge in [0.25, 0.3) is 0 Å². The summed E-state index contributed by atoms with van der Waals surface area (Å²) in [5.41, 5.74) is 1.23. The van der Waals surface area contributed by atoms with E-state index >= 15 is 0 Å². The molecule has 0 saturated carbocycles. The van der Waals surface area contributed by atoms with Crippen LogP contribution in [0.3, 0.4) is 0 Å². The standard InChI is InChI=1S/C14H10Br2F2O/c15-10-3-9(4-12(18)6-10)14(19)5-8-1-2-11(17)7-13(8)16/h1-4,6-7,14,19H,5H2.